The van der Waals surface area contributed by atoms with Gasteiger partial charge in [-0.1, -0.05) is 30.3 Å². The third-order valence-corrected chi connectivity index (χ3v) is 3.39. The van der Waals surface area contributed by atoms with Gasteiger partial charge in [-0.05, 0) is 34.8 Å². The Hall–Kier alpha value is -1.13. The molecule has 1 unspecified atom stereocenters. The fraction of sp³-hybridized carbons (Fsp3) is 0.308. The van der Waals surface area contributed by atoms with Crippen molar-refractivity contribution in [1.82, 2.24) is 9.78 Å². The van der Waals surface area contributed by atoms with E-state index in [-0.39, 0.29) is 6.04 Å². The Bertz CT molecular complexity index is 479. The highest BCUT2D eigenvalue weighted by atomic mass is 79.9. The molecule has 1 aromatic carbocycles. The Balaban J connectivity index is 2.20. The molecule has 0 aliphatic rings. The Morgan fingerprint density at radius 2 is 2.06 bits per heavy atom. The summed E-state index contributed by atoms with van der Waals surface area (Å²) in [6.45, 7) is 2.90. The molecule has 0 aliphatic heterocycles. The molecule has 0 radical (unpaired) electrons. The average molecular weight is 294 g/mol. The summed E-state index contributed by atoms with van der Waals surface area (Å²) in [7, 11) is 0. The third kappa shape index (κ3) is 2.76. The van der Waals surface area contributed by atoms with Gasteiger partial charge in [-0.15, -0.1) is 0 Å². The lowest BCUT2D eigenvalue weighted by Gasteiger charge is -2.14. The lowest BCUT2D eigenvalue weighted by Crippen LogP contribution is -2.18. The van der Waals surface area contributed by atoms with Gasteiger partial charge < -0.3 is 5.73 Å². The van der Waals surface area contributed by atoms with Crippen molar-refractivity contribution in [3.8, 4) is 0 Å². The van der Waals surface area contributed by atoms with Crippen LogP contribution in [0.5, 0.6) is 0 Å². The molecule has 0 fully saturated rings. The van der Waals surface area contributed by atoms with Crippen molar-refractivity contribution in [3.63, 3.8) is 0 Å². The molecule has 0 amide bonds. The van der Waals surface area contributed by atoms with Gasteiger partial charge in [0.2, 0.25) is 0 Å². The number of nitrogens with two attached hydrogens (primary N) is 1. The van der Waals surface area contributed by atoms with E-state index in [9.17, 15) is 0 Å². The number of hydrogen-bond acceptors (Lipinski definition) is 2. The molecule has 2 aromatic rings. The van der Waals surface area contributed by atoms with Crippen molar-refractivity contribution < 1.29 is 0 Å². The molecule has 0 spiro atoms. The highest BCUT2D eigenvalue weighted by Crippen LogP contribution is 2.24. The zero-order valence-corrected chi connectivity index (χ0v) is 11.4. The molecule has 0 bridgehead atoms. The maximum Gasteiger partial charge on any atom is 0.0696 e. The second-order valence-electron chi connectivity index (χ2n) is 3.99. The first-order valence-corrected chi connectivity index (χ1v) is 6.52. The van der Waals surface area contributed by atoms with Crippen molar-refractivity contribution in [2.45, 2.75) is 25.9 Å². The number of rotatable bonds is 4. The zero-order valence-electron chi connectivity index (χ0n) is 9.81. The zero-order chi connectivity index (χ0) is 12.3. The van der Waals surface area contributed by atoms with Crippen LogP contribution in [0.2, 0.25) is 0 Å². The summed E-state index contributed by atoms with van der Waals surface area (Å²) in [6, 6.07) is 10.2. The van der Waals surface area contributed by atoms with E-state index in [1.165, 1.54) is 5.56 Å². The summed E-state index contributed by atoms with van der Waals surface area (Å²) in [5, 5.41) is 4.29. The Labute approximate surface area is 110 Å². The molecular weight excluding hydrogens is 278 g/mol. The van der Waals surface area contributed by atoms with Gasteiger partial charge in [-0.3, -0.25) is 4.68 Å². The summed E-state index contributed by atoms with van der Waals surface area (Å²) in [5.74, 6) is 0. The van der Waals surface area contributed by atoms with Crippen LogP contribution in [0, 0.1) is 0 Å². The van der Waals surface area contributed by atoms with Gasteiger partial charge in [-0.2, -0.15) is 5.10 Å². The van der Waals surface area contributed by atoms with Gasteiger partial charge >= 0.3 is 0 Å². The predicted molar refractivity (Wildman–Crippen MR) is 72.7 cm³/mol. The first-order chi connectivity index (χ1) is 8.22. The first kappa shape index (κ1) is 12.3. The lowest BCUT2D eigenvalue weighted by molar-refractivity contribution is 0.567. The minimum Gasteiger partial charge on any atom is -0.322 e. The number of hydrogen-bond donors (Lipinski definition) is 1. The fourth-order valence-corrected chi connectivity index (χ4v) is 2.55. The van der Waals surface area contributed by atoms with Crippen LogP contribution in [0.25, 0.3) is 0 Å². The minimum atomic E-state index is -0.0331. The van der Waals surface area contributed by atoms with Crippen molar-refractivity contribution >= 4 is 15.9 Å². The van der Waals surface area contributed by atoms with Crippen LogP contribution >= 0.6 is 15.9 Å². The van der Waals surface area contributed by atoms with E-state index in [1.807, 2.05) is 29.1 Å². The van der Waals surface area contributed by atoms with Crippen LogP contribution in [-0.2, 0) is 13.0 Å². The Kier molecular flexibility index (Phi) is 3.97. The van der Waals surface area contributed by atoms with Crippen LogP contribution in [0.1, 0.15) is 24.2 Å². The largest absolute Gasteiger partial charge is 0.322 e. The monoisotopic (exact) mass is 293 g/mol. The predicted octanol–water partition coefficient (Wildman–Crippen LogP) is 2.91. The van der Waals surface area contributed by atoms with E-state index < -0.39 is 0 Å². The third-order valence-electron chi connectivity index (χ3n) is 2.78. The molecular formula is C13H16BrN3. The lowest BCUT2D eigenvalue weighted by atomic mass is 10.0. The van der Waals surface area contributed by atoms with E-state index in [1.54, 1.807) is 0 Å². The number of aryl methyl sites for hydroxylation is 1. The average Bonchev–Trinajstić information content (AvgIpc) is 2.71. The van der Waals surface area contributed by atoms with Crippen molar-refractivity contribution in [2.75, 3.05) is 0 Å². The molecule has 1 heterocycles. The van der Waals surface area contributed by atoms with Crippen LogP contribution < -0.4 is 5.73 Å². The molecule has 3 nitrogen and oxygen atoms in total. The number of aromatic nitrogens is 2. The minimum absolute atomic E-state index is 0.0331. The van der Waals surface area contributed by atoms with Gasteiger partial charge in [0.05, 0.1) is 22.4 Å². The Morgan fingerprint density at radius 1 is 1.35 bits per heavy atom. The fourth-order valence-electron chi connectivity index (χ4n) is 1.96. The van der Waals surface area contributed by atoms with Crippen molar-refractivity contribution in [3.05, 3.63) is 52.3 Å². The summed E-state index contributed by atoms with van der Waals surface area (Å²) < 4.78 is 2.93. The maximum absolute atomic E-state index is 6.26. The van der Waals surface area contributed by atoms with E-state index in [0.717, 1.165) is 23.1 Å². The number of nitrogens with zero attached hydrogens (tertiary/aromatic N) is 2. The van der Waals surface area contributed by atoms with Crippen molar-refractivity contribution in [2.24, 2.45) is 5.73 Å². The molecule has 0 saturated carbocycles. The number of halogens is 1. The molecule has 2 rings (SSSR count). The van der Waals surface area contributed by atoms with E-state index >= 15 is 0 Å². The van der Waals surface area contributed by atoms with Gasteiger partial charge in [0, 0.05) is 6.54 Å². The second-order valence-corrected chi connectivity index (χ2v) is 4.84. The molecule has 1 atom stereocenters. The second kappa shape index (κ2) is 5.47. The SMILES string of the molecule is CCn1ncc(Br)c1C(N)Cc1ccccc1. The summed E-state index contributed by atoms with van der Waals surface area (Å²) in [6.07, 6.45) is 2.63. The molecule has 0 saturated heterocycles. The van der Waals surface area contributed by atoms with Gasteiger partial charge in [0.1, 0.15) is 0 Å². The van der Waals surface area contributed by atoms with E-state index in [4.69, 9.17) is 5.73 Å². The Morgan fingerprint density at radius 3 is 2.71 bits per heavy atom. The summed E-state index contributed by atoms with van der Waals surface area (Å²) in [5.41, 5.74) is 8.57. The van der Waals surface area contributed by atoms with E-state index in [0.29, 0.717) is 0 Å². The van der Waals surface area contributed by atoms with Crippen LogP contribution in [0.15, 0.2) is 41.0 Å². The maximum atomic E-state index is 6.26. The highest BCUT2D eigenvalue weighted by Gasteiger charge is 2.16. The molecule has 1 aromatic heterocycles. The molecule has 0 aliphatic carbocycles. The van der Waals surface area contributed by atoms with Crippen LogP contribution in [0.3, 0.4) is 0 Å². The quantitative estimate of drug-likeness (QED) is 0.942. The topological polar surface area (TPSA) is 43.8 Å². The molecule has 17 heavy (non-hydrogen) atoms. The smallest absolute Gasteiger partial charge is 0.0696 e. The van der Waals surface area contributed by atoms with Gasteiger partial charge in [0.25, 0.3) is 0 Å². The van der Waals surface area contributed by atoms with Crippen molar-refractivity contribution in [1.29, 1.82) is 0 Å². The molecule has 90 valence electrons. The van der Waals surface area contributed by atoms with Crippen LogP contribution in [0.4, 0.5) is 0 Å². The van der Waals surface area contributed by atoms with E-state index in [2.05, 4.69) is 40.1 Å². The molecule has 4 heteroatoms. The first-order valence-electron chi connectivity index (χ1n) is 5.73. The number of benzene rings is 1. The van der Waals surface area contributed by atoms with Crippen LogP contribution in [-0.4, -0.2) is 9.78 Å². The summed E-state index contributed by atoms with van der Waals surface area (Å²) in [4.78, 5) is 0. The summed E-state index contributed by atoms with van der Waals surface area (Å²) >= 11 is 3.51. The van der Waals surface area contributed by atoms with Gasteiger partial charge in [-0.25, -0.2) is 0 Å². The normalized spacial score (nSPS) is 12.6. The molecule has 2 N–H and O–H groups in total. The van der Waals surface area contributed by atoms with Gasteiger partial charge in [0.15, 0.2) is 0 Å². The highest BCUT2D eigenvalue weighted by molar-refractivity contribution is 9.10. The standard InChI is InChI=1S/C13H16BrN3/c1-2-17-13(11(14)9-16-17)12(15)8-10-6-4-3-5-7-10/h3-7,9,12H,2,8,15H2,1H3.